The predicted molar refractivity (Wildman–Crippen MR) is 83.9 cm³/mol. The van der Waals surface area contributed by atoms with Crippen LogP contribution in [0.1, 0.15) is 49.4 Å². The fourth-order valence-electron chi connectivity index (χ4n) is 2.28. The third-order valence-corrected chi connectivity index (χ3v) is 4.48. The van der Waals surface area contributed by atoms with E-state index in [1.165, 1.54) is 17.7 Å². The van der Waals surface area contributed by atoms with Crippen molar-refractivity contribution in [2.75, 3.05) is 11.1 Å². The van der Waals surface area contributed by atoms with Gasteiger partial charge in [0.15, 0.2) is 0 Å². The van der Waals surface area contributed by atoms with Crippen LogP contribution in [0.5, 0.6) is 0 Å². The van der Waals surface area contributed by atoms with E-state index in [9.17, 15) is 0 Å². The molecule has 0 bridgehead atoms. The first-order valence-electron chi connectivity index (χ1n) is 7.08. The van der Waals surface area contributed by atoms with Crippen molar-refractivity contribution >= 4 is 23.0 Å². The van der Waals surface area contributed by atoms with Crippen LogP contribution in [0.4, 0.5) is 11.6 Å². The number of anilines is 2. The van der Waals surface area contributed by atoms with Gasteiger partial charge in [-0.1, -0.05) is 19.9 Å². The van der Waals surface area contributed by atoms with E-state index in [1.54, 1.807) is 11.3 Å². The number of nitrogens with one attached hydrogen (secondary N) is 1. The number of rotatable bonds is 5. The second-order valence-electron chi connectivity index (χ2n) is 5.69. The molecule has 2 aromatic heterocycles. The van der Waals surface area contributed by atoms with Gasteiger partial charge in [-0.2, -0.15) is 0 Å². The van der Waals surface area contributed by atoms with E-state index in [2.05, 4.69) is 46.6 Å². The number of nitrogens with two attached hydrogens (primary N) is 1. The van der Waals surface area contributed by atoms with Crippen molar-refractivity contribution in [3.63, 3.8) is 0 Å². The van der Waals surface area contributed by atoms with E-state index in [4.69, 9.17) is 5.73 Å². The van der Waals surface area contributed by atoms with Crippen molar-refractivity contribution in [1.29, 1.82) is 0 Å². The van der Waals surface area contributed by atoms with Crippen LogP contribution in [0, 0.1) is 5.92 Å². The Labute approximate surface area is 123 Å². The van der Waals surface area contributed by atoms with Gasteiger partial charge in [-0.05, 0) is 30.2 Å². The molecule has 1 unspecified atom stereocenters. The molecule has 106 valence electrons. The summed E-state index contributed by atoms with van der Waals surface area (Å²) in [6, 6.07) is 6.33. The second-order valence-corrected chi connectivity index (χ2v) is 6.67. The molecule has 1 aliphatic carbocycles. The minimum Gasteiger partial charge on any atom is -0.384 e. The van der Waals surface area contributed by atoms with Crippen molar-refractivity contribution in [1.82, 2.24) is 9.97 Å². The summed E-state index contributed by atoms with van der Waals surface area (Å²) in [5.74, 6) is 3.28. The lowest BCUT2D eigenvalue weighted by atomic mass is 10.0. The number of nitrogen functional groups attached to an aromatic ring is 1. The molecule has 3 rings (SSSR count). The Morgan fingerprint density at radius 1 is 1.35 bits per heavy atom. The van der Waals surface area contributed by atoms with Crippen LogP contribution in [-0.4, -0.2) is 9.97 Å². The highest BCUT2D eigenvalue weighted by Crippen LogP contribution is 2.39. The summed E-state index contributed by atoms with van der Waals surface area (Å²) in [6.07, 6.45) is 2.36. The molecule has 0 saturated heterocycles. The molecular weight excluding hydrogens is 268 g/mol. The monoisotopic (exact) mass is 288 g/mol. The molecule has 2 heterocycles. The highest BCUT2D eigenvalue weighted by Gasteiger charge is 2.27. The third-order valence-electron chi connectivity index (χ3n) is 3.53. The molecule has 0 spiro atoms. The molecule has 20 heavy (non-hydrogen) atoms. The van der Waals surface area contributed by atoms with Gasteiger partial charge in [0.05, 0.1) is 6.04 Å². The Bertz CT molecular complexity index is 576. The predicted octanol–water partition coefficient (Wildman–Crippen LogP) is 3.81. The van der Waals surface area contributed by atoms with Crippen LogP contribution in [0.3, 0.4) is 0 Å². The van der Waals surface area contributed by atoms with E-state index in [0.717, 1.165) is 11.6 Å². The van der Waals surface area contributed by atoms with Gasteiger partial charge in [-0.15, -0.1) is 11.3 Å². The Kier molecular flexibility index (Phi) is 3.61. The summed E-state index contributed by atoms with van der Waals surface area (Å²) in [7, 11) is 0. The Balaban J connectivity index is 1.85. The normalized spacial score (nSPS) is 16.4. The number of thiophene rings is 1. The highest BCUT2D eigenvalue weighted by molar-refractivity contribution is 7.10. The van der Waals surface area contributed by atoms with Crippen molar-refractivity contribution in [3.05, 3.63) is 34.3 Å². The summed E-state index contributed by atoms with van der Waals surface area (Å²) in [6.45, 7) is 4.42. The van der Waals surface area contributed by atoms with Gasteiger partial charge in [0, 0.05) is 16.9 Å². The van der Waals surface area contributed by atoms with E-state index >= 15 is 0 Å². The summed E-state index contributed by atoms with van der Waals surface area (Å²) in [5, 5.41) is 5.63. The fourth-order valence-corrected chi connectivity index (χ4v) is 3.23. The van der Waals surface area contributed by atoms with E-state index in [1.807, 2.05) is 6.07 Å². The lowest BCUT2D eigenvalue weighted by Gasteiger charge is -2.22. The molecule has 0 aromatic carbocycles. The molecule has 4 nitrogen and oxygen atoms in total. The van der Waals surface area contributed by atoms with Crippen LogP contribution in [0.15, 0.2) is 23.6 Å². The number of nitrogens with zero attached hydrogens (tertiary/aromatic N) is 2. The molecule has 1 fully saturated rings. The van der Waals surface area contributed by atoms with Crippen LogP contribution < -0.4 is 11.1 Å². The summed E-state index contributed by atoms with van der Waals surface area (Å²) < 4.78 is 0. The van der Waals surface area contributed by atoms with E-state index in [0.29, 0.717) is 17.7 Å². The zero-order valence-corrected chi connectivity index (χ0v) is 12.7. The van der Waals surface area contributed by atoms with Gasteiger partial charge in [0.25, 0.3) is 0 Å². The van der Waals surface area contributed by atoms with Crippen molar-refractivity contribution in [2.45, 2.75) is 38.6 Å². The standard InChI is InChI=1S/C15H20N4S/c1-9(2)14(11-4-3-7-20-11)18-13-8-12(16)17-15(19-13)10-5-6-10/h3-4,7-10,14H,5-6H2,1-2H3,(H3,16,17,18,19). The van der Waals surface area contributed by atoms with Crippen molar-refractivity contribution in [3.8, 4) is 0 Å². The molecular formula is C15H20N4S. The zero-order valence-electron chi connectivity index (χ0n) is 11.8. The molecule has 3 N–H and O–H groups in total. The summed E-state index contributed by atoms with van der Waals surface area (Å²) in [5.41, 5.74) is 5.91. The van der Waals surface area contributed by atoms with Gasteiger partial charge in [0.1, 0.15) is 17.5 Å². The molecule has 5 heteroatoms. The molecule has 0 radical (unpaired) electrons. The largest absolute Gasteiger partial charge is 0.384 e. The SMILES string of the molecule is CC(C)C(Nc1cc(N)nc(C2CC2)n1)c1cccs1. The number of hydrogen-bond donors (Lipinski definition) is 2. The van der Waals surface area contributed by atoms with Crippen molar-refractivity contribution in [2.24, 2.45) is 5.92 Å². The summed E-state index contributed by atoms with van der Waals surface area (Å²) >= 11 is 1.77. The first-order chi connectivity index (χ1) is 9.63. The van der Waals surface area contributed by atoms with Crippen molar-refractivity contribution < 1.29 is 0 Å². The van der Waals surface area contributed by atoms with Gasteiger partial charge in [-0.3, -0.25) is 0 Å². The van der Waals surface area contributed by atoms with Gasteiger partial charge >= 0.3 is 0 Å². The van der Waals surface area contributed by atoms with E-state index < -0.39 is 0 Å². The van der Waals surface area contributed by atoms with E-state index in [-0.39, 0.29) is 6.04 Å². The van der Waals surface area contributed by atoms with Gasteiger partial charge in [-0.25, -0.2) is 9.97 Å². The first kappa shape index (κ1) is 13.4. The van der Waals surface area contributed by atoms with Crippen LogP contribution in [0.25, 0.3) is 0 Å². The smallest absolute Gasteiger partial charge is 0.136 e. The third kappa shape index (κ3) is 2.93. The lowest BCUT2D eigenvalue weighted by molar-refractivity contribution is 0.551. The maximum atomic E-state index is 5.91. The molecule has 1 saturated carbocycles. The second kappa shape index (κ2) is 5.40. The first-order valence-corrected chi connectivity index (χ1v) is 7.96. The minimum absolute atomic E-state index is 0.261. The maximum absolute atomic E-state index is 5.91. The molecule has 0 aliphatic heterocycles. The average molecular weight is 288 g/mol. The fraction of sp³-hybridized carbons (Fsp3) is 0.467. The average Bonchev–Trinajstić information content (AvgIpc) is 3.11. The van der Waals surface area contributed by atoms with Gasteiger partial charge < -0.3 is 11.1 Å². The zero-order chi connectivity index (χ0) is 14.1. The quantitative estimate of drug-likeness (QED) is 0.878. The number of hydrogen-bond acceptors (Lipinski definition) is 5. The number of aromatic nitrogens is 2. The molecule has 0 amide bonds. The van der Waals surface area contributed by atoms with Crippen LogP contribution >= 0.6 is 11.3 Å². The maximum Gasteiger partial charge on any atom is 0.136 e. The van der Waals surface area contributed by atoms with Crippen LogP contribution in [0.2, 0.25) is 0 Å². The minimum atomic E-state index is 0.261. The van der Waals surface area contributed by atoms with Crippen LogP contribution in [-0.2, 0) is 0 Å². The summed E-state index contributed by atoms with van der Waals surface area (Å²) in [4.78, 5) is 10.3. The molecule has 2 aromatic rings. The molecule has 1 atom stereocenters. The lowest BCUT2D eigenvalue weighted by Crippen LogP contribution is -2.17. The Morgan fingerprint density at radius 2 is 2.15 bits per heavy atom. The topological polar surface area (TPSA) is 63.8 Å². The molecule has 1 aliphatic rings. The Hall–Kier alpha value is -1.62. The Morgan fingerprint density at radius 3 is 2.75 bits per heavy atom. The highest BCUT2D eigenvalue weighted by atomic mass is 32.1. The van der Waals surface area contributed by atoms with Gasteiger partial charge in [0.2, 0.25) is 0 Å².